The van der Waals surface area contributed by atoms with Gasteiger partial charge in [-0.2, -0.15) is 0 Å². The van der Waals surface area contributed by atoms with E-state index in [4.69, 9.17) is 10.4 Å². The Balaban J connectivity index is 0.000000202. The van der Waals surface area contributed by atoms with E-state index in [-0.39, 0.29) is 48.0 Å². The van der Waals surface area contributed by atoms with Crippen LogP contribution < -0.4 is 57.8 Å². The van der Waals surface area contributed by atoms with Gasteiger partial charge in [0.1, 0.15) is 24.5 Å². The molecule has 0 atom stereocenters. The Morgan fingerprint density at radius 1 is 0.682 bits per heavy atom. The highest BCUT2D eigenvalue weighted by atomic mass is 127. The van der Waals surface area contributed by atoms with Crippen LogP contribution in [0.5, 0.6) is 0 Å². The quantitative estimate of drug-likeness (QED) is 0.141. The molecule has 6 heterocycles. The molecule has 4 N–H and O–H groups in total. The summed E-state index contributed by atoms with van der Waals surface area (Å²) in [5, 5.41) is 23.8. The lowest BCUT2D eigenvalue weighted by Gasteiger charge is -2.35. The van der Waals surface area contributed by atoms with Gasteiger partial charge >= 0.3 is 0 Å². The fourth-order valence-electron chi connectivity index (χ4n) is 4.11. The molecule has 22 heavy (non-hydrogen) atoms. The molecular formula is C14H26I2N4O2. The molecule has 0 aromatic rings. The van der Waals surface area contributed by atoms with Crippen molar-refractivity contribution in [1.29, 1.82) is 0 Å². The zero-order chi connectivity index (χ0) is 13.9. The first-order valence-electron chi connectivity index (χ1n) is 7.89. The first-order chi connectivity index (χ1) is 9.80. The second-order valence-corrected chi connectivity index (χ2v) is 6.58. The van der Waals surface area contributed by atoms with Crippen molar-refractivity contribution in [2.45, 2.75) is 25.7 Å². The maximum atomic E-state index is 8.59. The van der Waals surface area contributed by atoms with Crippen LogP contribution in [0.2, 0.25) is 0 Å². The number of piperidine rings is 6. The SMILES string of the molecule is ON=C1C[NH+]2CCC1CC2.ON=C1C[NH+]2CCC1CC2.[I-].[I-]. The molecule has 0 aromatic heterocycles. The molecule has 6 saturated heterocycles. The molecule has 0 spiro atoms. The standard InChI is InChI=1S/2C7H12N2O.2HI/c2*10-8-7-5-9-3-1-6(7)2-4-9;;/h2*6,10H,1-5H2;2*1H. The molecule has 0 amide bonds. The highest BCUT2D eigenvalue weighted by molar-refractivity contribution is 5.88. The Hall–Kier alpha value is 0.320. The highest BCUT2D eigenvalue weighted by Crippen LogP contribution is 2.15. The predicted octanol–water partition coefficient (Wildman–Crippen LogP) is -7.74. The van der Waals surface area contributed by atoms with Crippen LogP contribution in [0, 0.1) is 11.8 Å². The lowest BCUT2D eigenvalue weighted by atomic mass is 9.87. The van der Waals surface area contributed by atoms with Crippen molar-refractivity contribution < 1.29 is 68.2 Å². The lowest BCUT2D eigenvalue weighted by molar-refractivity contribution is -0.902. The van der Waals surface area contributed by atoms with Crippen LogP contribution in [0.25, 0.3) is 0 Å². The Morgan fingerprint density at radius 3 is 1.14 bits per heavy atom. The van der Waals surface area contributed by atoms with Gasteiger partial charge in [0.05, 0.1) is 26.2 Å². The normalized spacial score (nSPS) is 38.7. The summed E-state index contributed by atoms with van der Waals surface area (Å²) in [6, 6.07) is 0. The molecule has 0 aromatic carbocycles. The first kappa shape index (κ1) is 20.4. The Morgan fingerprint density at radius 2 is 1.00 bits per heavy atom. The van der Waals surface area contributed by atoms with Gasteiger partial charge in [-0.15, -0.1) is 0 Å². The molecule has 6 rings (SSSR count). The van der Waals surface area contributed by atoms with Gasteiger partial charge in [0.25, 0.3) is 0 Å². The minimum absolute atomic E-state index is 0. The number of rotatable bonds is 0. The monoisotopic (exact) mass is 536 g/mol. The van der Waals surface area contributed by atoms with E-state index in [2.05, 4.69) is 10.3 Å². The first-order valence-corrected chi connectivity index (χ1v) is 7.89. The van der Waals surface area contributed by atoms with E-state index < -0.39 is 0 Å². The molecule has 6 fully saturated rings. The van der Waals surface area contributed by atoms with E-state index >= 15 is 0 Å². The summed E-state index contributed by atoms with van der Waals surface area (Å²) in [5.74, 6) is 1.23. The third kappa shape index (κ3) is 4.67. The number of halogens is 2. The zero-order valence-corrected chi connectivity index (χ0v) is 17.1. The van der Waals surface area contributed by atoms with Gasteiger partial charge < -0.3 is 68.2 Å². The number of nitrogens with one attached hydrogen (secondary N) is 2. The molecular weight excluding hydrogens is 510 g/mol. The second kappa shape index (κ2) is 9.58. The number of hydrogen-bond acceptors (Lipinski definition) is 4. The predicted molar refractivity (Wildman–Crippen MR) is 75.0 cm³/mol. The van der Waals surface area contributed by atoms with Crippen molar-refractivity contribution in [1.82, 2.24) is 0 Å². The van der Waals surface area contributed by atoms with Crippen molar-refractivity contribution in [2.24, 2.45) is 22.1 Å². The minimum Gasteiger partial charge on any atom is -1.00 e. The van der Waals surface area contributed by atoms with Crippen molar-refractivity contribution in [3.8, 4) is 0 Å². The van der Waals surface area contributed by atoms with Crippen LogP contribution in [0.15, 0.2) is 10.3 Å². The third-order valence-electron chi connectivity index (χ3n) is 5.45. The van der Waals surface area contributed by atoms with Gasteiger partial charge in [-0.25, -0.2) is 0 Å². The van der Waals surface area contributed by atoms with E-state index in [0.29, 0.717) is 11.8 Å². The summed E-state index contributed by atoms with van der Waals surface area (Å²) in [5.41, 5.74) is 2.07. The molecule has 4 bridgehead atoms. The average molecular weight is 536 g/mol. The zero-order valence-electron chi connectivity index (χ0n) is 12.8. The van der Waals surface area contributed by atoms with E-state index in [9.17, 15) is 0 Å². The molecule has 6 aliphatic heterocycles. The number of hydrogen-bond donors (Lipinski definition) is 4. The maximum absolute atomic E-state index is 8.59. The largest absolute Gasteiger partial charge is 1.00 e. The molecule has 0 aliphatic carbocycles. The summed E-state index contributed by atoms with van der Waals surface area (Å²) < 4.78 is 0. The summed E-state index contributed by atoms with van der Waals surface area (Å²) in [7, 11) is 0. The van der Waals surface area contributed by atoms with Gasteiger partial charge in [-0.3, -0.25) is 0 Å². The molecule has 0 unspecified atom stereocenters. The van der Waals surface area contributed by atoms with Crippen molar-refractivity contribution in [3.63, 3.8) is 0 Å². The molecule has 0 radical (unpaired) electrons. The van der Waals surface area contributed by atoms with Gasteiger partial charge in [-0.05, 0) is 0 Å². The van der Waals surface area contributed by atoms with Gasteiger partial charge in [-0.1, -0.05) is 10.3 Å². The van der Waals surface area contributed by atoms with Crippen LogP contribution in [0.3, 0.4) is 0 Å². The summed E-state index contributed by atoms with van der Waals surface area (Å²) in [6.07, 6.45) is 4.92. The van der Waals surface area contributed by atoms with E-state index in [1.165, 1.54) is 51.9 Å². The van der Waals surface area contributed by atoms with Gasteiger partial charge in [0, 0.05) is 37.5 Å². The van der Waals surface area contributed by atoms with E-state index in [1.807, 2.05) is 0 Å². The molecule has 8 heteroatoms. The average Bonchev–Trinajstić information content (AvgIpc) is 2.57. The number of quaternary nitrogens is 2. The molecule has 128 valence electrons. The lowest BCUT2D eigenvalue weighted by Crippen LogP contribution is -3.16. The fraction of sp³-hybridized carbons (Fsp3) is 0.857. The maximum Gasteiger partial charge on any atom is 0.120 e. The topological polar surface area (TPSA) is 74.1 Å². The van der Waals surface area contributed by atoms with Crippen LogP contribution >= 0.6 is 0 Å². The number of nitrogens with zero attached hydrogens (tertiary/aromatic N) is 2. The molecule has 0 saturated carbocycles. The summed E-state index contributed by atoms with van der Waals surface area (Å²) in [6.45, 7) is 7.10. The molecule has 6 nitrogen and oxygen atoms in total. The minimum atomic E-state index is 0. The summed E-state index contributed by atoms with van der Waals surface area (Å²) >= 11 is 0. The van der Waals surface area contributed by atoms with Gasteiger partial charge in [0.15, 0.2) is 0 Å². The Kier molecular flexibility index (Phi) is 8.86. The van der Waals surface area contributed by atoms with Gasteiger partial charge in [0.2, 0.25) is 0 Å². The van der Waals surface area contributed by atoms with Crippen molar-refractivity contribution in [3.05, 3.63) is 0 Å². The van der Waals surface area contributed by atoms with Crippen LogP contribution in [0.1, 0.15) is 25.7 Å². The fourth-order valence-corrected chi connectivity index (χ4v) is 4.11. The number of oxime groups is 2. The third-order valence-corrected chi connectivity index (χ3v) is 5.45. The smallest absolute Gasteiger partial charge is 0.120 e. The van der Waals surface area contributed by atoms with Crippen LogP contribution in [-0.4, -0.2) is 61.1 Å². The van der Waals surface area contributed by atoms with Crippen molar-refractivity contribution in [2.75, 3.05) is 39.3 Å². The van der Waals surface area contributed by atoms with Crippen molar-refractivity contribution >= 4 is 11.4 Å². The Bertz CT molecular complexity index is 366. The van der Waals surface area contributed by atoms with E-state index in [1.54, 1.807) is 9.80 Å². The van der Waals surface area contributed by atoms with Crippen LogP contribution in [0.4, 0.5) is 0 Å². The van der Waals surface area contributed by atoms with E-state index in [0.717, 1.165) is 24.5 Å². The van der Waals surface area contributed by atoms with Crippen LogP contribution in [-0.2, 0) is 0 Å². The summed E-state index contributed by atoms with van der Waals surface area (Å²) in [4.78, 5) is 3.19. The number of fused-ring (bicyclic) bond motifs is 6. The Labute approximate surface area is 166 Å². The second-order valence-electron chi connectivity index (χ2n) is 6.58. The highest BCUT2D eigenvalue weighted by Gasteiger charge is 2.35. The molecule has 6 aliphatic rings.